The zero-order valence-corrected chi connectivity index (χ0v) is 13.8. The first-order valence-corrected chi connectivity index (χ1v) is 7.30. The van der Waals surface area contributed by atoms with Gasteiger partial charge in [-0.3, -0.25) is 0 Å². The number of nitrogens with zero attached hydrogens (tertiary/aromatic N) is 6. The fraction of sp³-hybridized carbons (Fsp3) is 0.500. The Morgan fingerprint density at radius 2 is 1.64 bits per heavy atom. The van der Waals surface area contributed by atoms with Gasteiger partial charge in [-0.15, -0.1) is 0 Å². The summed E-state index contributed by atoms with van der Waals surface area (Å²) < 4.78 is 11.0. The molecular weight excluding hydrogens is 331 g/mol. The topological polar surface area (TPSA) is 95.8 Å². The lowest BCUT2D eigenvalue weighted by atomic mass is 10.4. The van der Waals surface area contributed by atoms with Crippen LogP contribution in [0.2, 0.25) is 10.6 Å². The van der Waals surface area contributed by atoms with Crippen LogP contribution in [-0.2, 0) is 6.42 Å². The summed E-state index contributed by atoms with van der Waals surface area (Å²) in [5, 5.41) is 0.169. The first-order chi connectivity index (χ1) is 10.5. The lowest BCUT2D eigenvalue weighted by Crippen LogP contribution is -2.23. The van der Waals surface area contributed by atoms with Crippen LogP contribution in [-0.4, -0.2) is 42.6 Å². The number of aryl methyl sites for hydroxylation is 2. The van der Waals surface area contributed by atoms with Gasteiger partial charge >= 0.3 is 12.0 Å². The van der Waals surface area contributed by atoms with Crippen LogP contribution in [0.3, 0.4) is 0 Å². The third-order valence-corrected chi connectivity index (χ3v) is 2.74. The molecule has 0 aliphatic carbocycles. The van der Waals surface area contributed by atoms with Gasteiger partial charge in [0.05, 0.1) is 0 Å². The van der Waals surface area contributed by atoms with Crippen molar-refractivity contribution in [1.29, 1.82) is 0 Å². The van der Waals surface area contributed by atoms with Crippen molar-refractivity contribution < 1.29 is 9.47 Å². The molecule has 0 amide bonds. The van der Waals surface area contributed by atoms with Crippen LogP contribution in [0.5, 0.6) is 12.0 Å². The number of hydrogen-bond acceptors (Lipinski definition) is 8. The first kappa shape index (κ1) is 16.6. The summed E-state index contributed by atoms with van der Waals surface area (Å²) in [6.45, 7) is 5.58. The minimum Gasteiger partial charge on any atom is -0.459 e. The highest BCUT2D eigenvalue weighted by Crippen LogP contribution is 2.12. The highest BCUT2D eigenvalue weighted by molar-refractivity contribution is 6.28. The molecular formula is C12H14Cl2N6O2. The van der Waals surface area contributed by atoms with Crippen LogP contribution in [0.1, 0.15) is 25.5 Å². The van der Waals surface area contributed by atoms with Crippen molar-refractivity contribution in [2.24, 2.45) is 0 Å². The van der Waals surface area contributed by atoms with Gasteiger partial charge in [0, 0.05) is 6.42 Å². The van der Waals surface area contributed by atoms with E-state index in [1.807, 2.05) is 6.92 Å². The van der Waals surface area contributed by atoms with E-state index in [-0.39, 0.29) is 35.3 Å². The van der Waals surface area contributed by atoms with Gasteiger partial charge < -0.3 is 9.47 Å². The average molecular weight is 345 g/mol. The van der Waals surface area contributed by atoms with Gasteiger partial charge in [-0.1, -0.05) is 6.92 Å². The van der Waals surface area contributed by atoms with Gasteiger partial charge in [-0.05, 0) is 37.0 Å². The van der Waals surface area contributed by atoms with Gasteiger partial charge in [0.25, 0.3) is 0 Å². The Morgan fingerprint density at radius 1 is 0.955 bits per heavy atom. The molecule has 1 unspecified atom stereocenters. The summed E-state index contributed by atoms with van der Waals surface area (Å²) in [6.07, 6.45) is 0.283. The SMILES string of the molecule is CCc1nc(Cl)nc(OC(C)COc2nc(C)nc(Cl)n2)n1. The first-order valence-electron chi connectivity index (χ1n) is 6.54. The number of ether oxygens (including phenoxy) is 2. The Labute approximate surface area is 137 Å². The molecule has 0 aliphatic rings. The van der Waals surface area contributed by atoms with Crippen LogP contribution >= 0.6 is 23.2 Å². The molecule has 0 fully saturated rings. The maximum Gasteiger partial charge on any atom is 0.321 e. The Hall–Kier alpha value is -1.80. The Bertz CT molecular complexity index is 637. The Morgan fingerprint density at radius 3 is 2.32 bits per heavy atom. The molecule has 0 aliphatic heterocycles. The summed E-state index contributed by atoms with van der Waals surface area (Å²) in [5.41, 5.74) is 0. The molecule has 118 valence electrons. The summed E-state index contributed by atoms with van der Waals surface area (Å²) >= 11 is 11.5. The van der Waals surface area contributed by atoms with E-state index in [0.717, 1.165) is 0 Å². The maximum atomic E-state index is 5.80. The molecule has 0 spiro atoms. The number of aromatic nitrogens is 6. The van der Waals surface area contributed by atoms with Crippen LogP contribution in [0.15, 0.2) is 0 Å². The zero-order valence-electron chi connectivity index (χ0n) is 12.2. The number of hydrogen-bond donors (Lipinski definition) is 0. The van der Waals surface area contributed by atoms with E-state index in [1.54, 1.807) is 13.8 Å². The molecule has 8 nitrogen and oxygen atoms in total. The second-order valence-corrected chi connectivity index (χ2v) is 5.01. The van der Waals surface area contributed by atoms with Gasteiger partial charge in [0.2, 0.25) is 10.6 Å². The van der Waals surface area contributed by atoms with E-state index in [2.05, 4.69) is 29.9 Å². The Kier molecular flexibility index (Phi) is 5.62. The van der Waals surface area contributed by atoms with Gasteiger partial charge in [0.15, 0.2) is 0 Å². The van der Waals surface area contributed by atoms with Gasteiger partial charge in [0.1, 0.15) is 24.4 Å². The third kappa shape index (κ3) is 4.88. The summed E-state index contributed by atoms with van der Waals surface area (Å²) in [6, 6.07) is 0.286. The van der Waals surface area contributed by atoms with Crippen molar-refractivity contribution >= 4 is 23.2 Å². The molecule has 0 radical (unpaired) electrons. The fourth-order valence-corrected chi connectivity index (χ4v) is 1.84. The third-order valence-electron chi connectivity index (χ3n) is 2.40. The maximum absolute atomic E-state index is 5.80. The van der Waals surface area contributed by atoms with Crippen LogP contribution in [0.25, 0.3) is 0 Å². The van der Waals surface area contributed by atoms with Crippen molar-refractivity contribution in [3.63, 3.8) is 0 Å². The standard InChI is InChI=1S/C12H14Cl2N6O2/c1-4-8-17-10(14)20-12(18-8)22-6(2)5-21-11-16-7(3)15-9(13)19-11/h6H,4-5H2,1-3H3. The van der Waals surface area contributed by atoms with Crippen LogP contribution in [0.4, 0.5) is 0 Å². The number of halogens is 2. The van der Waals surface area contributed by atoms with Crippen LogP contribution in [0, 0.1) is 6.92 Å². The molecule has 2 rings (SSSR count). The van der Waals surface area contributed by atoms with Gasteiger partial charge in [-0.2, -0.15) is 19.9 Å². The smallest absolute Gasteiger partial charge is 0.321 e. The molecule has 0 bridgehead atoms. The van der Waals surface area contributed by atoms with E-state index in [0.29, 0.717) is 18.1 Å². The zero-order chi connectivity index (χ0) is 16.1. The molecule has 2 aromatic heterocycles. The summed E-state index contributed by atoms with van der Waals surface area (Å²) in [7, 11) is 0. The van der Waals surface area contributed by atoms with E-state index >= 15 is 0 Å². The minimum absolute atomic E-state index is 0.0768. The highest BCUT2D eigenvalue weighted by atomic mass is 35.5. The molecule has 1 atom stereocenters. The lowest BCUT2D eigenvalue weighted by molar-refractivity contribution is 0.125. The van der Waals surface area contributed by atoms with E-state index in [1.165, 1.54) is 0 Å². The minimum atomic E-state index is -0.348. The largest absolute Gasteiger partial charge is 0.459 e. The molecule has 0 aromatic carbocycles. The number of rotatable bonds is 6. The summed E-state index contributed by atoms with van der Waals surface area (Å²) in [4.78, 5) is 23.7. The van der Waals surface area contributed by atoms with Gasteiger partial charge in [-0.25, -0.2) is 9.97 Å². The molecule has 2 aromatic rings. The lowest BCUT2D eigenvalue weighted by Gasteiger charge is -2.13. The molecule has 0 saturated carbocycles. The van der Waals surface area contributed by atoms with E-state index in [9.17, 15) is 0 Å². The quantitative estimate of drug-likeness (QED) is 0.785. The second kappa shape index (κ2) is 7.46. The van der Waals surface area contributed by atoms with E-state index < -0.39 is 0 Å². The summed E-state index contributed by atoms with van der Waals surface area (Å²) in [5.74, 6) is 1.03. The van der Waals surface area contributed by atoms with E-state index in [4.69, 9.17) is 32.7 Å². The monoisotopic (exact) mass is 344 g/mol. The average Bonchev–Trinajstić information content (AvgIpc) is 2.43. The van der Waals surface area contributed by atoms with Crippen molar-refractivity contribution in [2.45, 2.75) is 33.3 Å². The van der Waals surface area contributed by atoms with Crippen molar-refractivity contribution in [2.75, 3.05) is 6.61 Å². The van der Waals surface area contributed by atoms with Crippen molar-refractivity contribution in [3.05, 3.63) is 22.2 Å². The molecule has 10 heteroatoms. The second-order valence-electron chi connectivity index (χ2n) is 4.33. The molecule has 2 heterocycles. The molecule has 0 N–H and O–H groups in total. The normalized spacial score (nSPS) is 12.0. The Balaban J connectivity index is 1.95. The molecule has 22 heavy (non-hydrogen) atoms. The predicted molar refractivity (Wildman–Crippen MR) is 79.4 cm³/mol. The van der Waals surface area contributed by atoms with Crippen molar-refractivity contribution in [1.82, 2.24) is 29.9 Å². The predicted octanol–water partition coefficient (Wildman–Crippen LogP) is 2.08. The fourth-order valence-electron chi connectivity index (χ4n) is 1.48. The van der Waals surface area contributed by atoms with Crippen molar-refractivity contribution in [3.8, 4) is 12.0 Å². The van der Waals surface area contributed by atoms with Crippen LogP contribution < -0.4 is 9.47 Å². The highest BCUT2D eigenvalue weighted by Gasteiger charge is 2.12. The molecule has 0 saturated heterocycles.